The number of ether oxygens (including phenoxy) is 1. The molecule has 1 aliphatic rings. The van der Waals surface area contributed by atoms with Crippen LogP contribution in [0.5, 0.6) is 0 Å². The van der Waals surface area contributed by atoms with Gasteiger partial charge in [0, 0.05) is 12.1 Å². The number of hydrogen-bond acceptors (Lipinski definition) is 3. The zero-order valence-corrected chi connectivity index (χ0v) is 10.1. The van der Waals surface area contributed by atoms with Gasteiger partial charge < -0.3 is 15.4 Å². The van der Waals surface area contributed by atoms with Crippen LogP contribution in [0.1, 0.15) is 40.5 Å². The summed E-state index contributed by atoms with van der Waals surface area (Å²) in [4.78, 5) is 11.5. The van der Waals surface area contributed by atoms with E-state index in [1.54, 1.807) is 0 Å². The first-order valence-corrected chi connectivity index (χ1v) is 5.61. The predicted octanol–water partition coefficient (Wildman–Crippen LogP) is 1.65. The summed E-state index contributed by atoms with van der Waals surface area (Å²) in [7, 11) is 0. The molecule has 88 valence electrons. The molecule has 0 radical (unpaired) electrons. The molecule has 4 heteroatoms. The van der Waals surface area contributed by atoms with Gasteiger partial charge in [-0.2, -0.15) is 0 Å². The molecule has 2 atom stereocenters. The molecule has 0 spiro atoms. The number of carbonyl (C=O) groups excluding carboxylic acids is 1. The minimum Gasteiger partial charge on any atom is -0.444 e. The highest BCUT2D eigenvalue weighted by Gasteiger charge is 2.24. The monoisotopic (exact) mass is 214 g/mol. The molecule has 1 aliphatic heterocycles. The molecule has 4 nitrogen and oxygen atoms in total. The van der Waals surface area contributed by atoms with Crippen LogP contribution in [0.3, 0.4) is 0 Å². The van der Waals surface area contributed by atoms with Crippen molar-refractivity contribution in [1.29, 1.82) is 0 Å². The molecule has 2 unspecified atom stereocenters. The van der Waals surface area contributed by atoms with Crippen LogP contribution in [0.2, 0.25) is 0 Å². The largest absolute Gasteiger partial charge is 0.444 e. The van der Waals surface area contributed by atoms with Gasteiger partial charge in [-0.05, 0) is 47.1 Å². The van der Waals surface area contributed by atoms with Crippen LogP contribution in [-0.4, -0.2) is 30.3 Å². The Kier molecular flexibility index (Phi) is 3.97. The van der Waals surface area contributed by atoms with Gasteiger partial charge in [0.05, 0.1) is 0 Å². The summed E-state index contributed by atoms with van der Waals surface area (Å²) in [6.45, 7) is 8.73. The van der Waals surface area contributed by atoms with Crippen LogP contribution >= 0.6 is 0 Å². The molecular weight excluding hydrogens is 192 g/mol. The van der Waals surface area contributed by atoms with Crippen LogP contribution in [0.4, 0.5) is 4.79 Å². The molecule has 1 rings (SSSR count). The van der Waals surface area contributed by atoms with Gasteiger partial charge in [-0.15, -0.1) is 0 Å². The van der Waals surface area contributed by atoms with Gasteiger partial charge in [0.2, 0.25) is 0 Å². The molecule has 0 aromatic carbocycles. The number of rotatable bonds is 1. The van der Waals surface area contributed by atoms with Crippen molar-refractivity contribution in [2.45, 2.75) is 58.2 Å². The molecule has 0 bridgehead atoms. The highest BCUT2D eigenvalue weighted by Crippen LogP contribution is 2.11. The Balaban J connectivity index is 2.36. The van der Waals surface area contributed by atoms with E-state index in [1.807, 2.05) is 20.8 Å². The Bertz CT molecular complexity index is 223. The van der Waals surface area contributed by atoms with Gasteiger partial charge in [-0.1, -0.05) is 0 Å². The van der Waals surface area contributed by atoms with Crippen molar-refractivity contribution in [2.24, 2.45) is 0 Å². The van der Waals surface area contributed by atoms with Crippen molar-refractivity contribution in [1.82, 2.24) is 10.6 Å². The Morgan fingerprint density at radius 3 is 2.67 bits per heavy atom. The molecule has 0 aromatic heterocycles. The lowest BCUT2D eigenvalue weighted by Gasteiger charge is -2.31. The average Bonchev–Trinajstić information content (AvgIpc) is 2.05. The third kappa shape index (κ3) is 4.51. The number of hydrogen-bond donors (Lipinski definition) is 2. The normalized spacial score (nSPS) is 27.2. The second kappa shape index (κ2) is 4.84. The Morgan fingerprint density at radius 2 is 2.13 bits per heavy atom. The van der Waals surface area contributed by atoms with E-state index in [4.69, 9.17) is 4.74 Å². The third-order valence-electron chi connectivity index (χ3n) is 2.46. The number of piperidine rings is 1. The van der Waals surface area contributed by atoms with E-state index in [9.17, 15) is 4.79 Å². The zero-order valence-electron chi connectivity index (χ0n) is 10.1. The van der Waals surface area contributed by atoms with Gasteiger partial charge in [-0.3, -0.25) is 0 Å². The zero-order chi connectivity index (χ0) is 11.5. The summed E-state index contributed by atoms with van der Waals surface area (Å²) in [5, 5.41) is 6.23. The van der Waals surface area contributed by atoms with E-state index in [0.29, 0.717) is 6.04 Å². The van der Waals surface area contributed by atoms with Crippen molar-refractivity contribution in [3.05, 3.63) is 0 Å². The lowest BCUT2D eigenvalue weighted by Crippen LogP contribution is -2.52. The molecular formula is C11H22N2O2. The lowest BCUT2D eigenvalue weighted by atomic mass is 10.0. The van der Waals surface area contributed by atoms with E-state index in [0.717, 1.165) is 19.4 Å². The Morgan fingerprint density at radius 1 is 1.47 bits per heavy atom. The fourth-order valence-corrected chi connectivity index (χ4v) is 1.70. The van der Waals surface area contributed by atoms with Gasteiger partial charge >= 0.3 is 6.09 Å². The van der Waals surface area contributed by atoms with Crippen molar-refractivity contribution in [3.63, 3.8) is 0 Å². The predicted molar refractivity (Wildman–Crippen MR) is 59.9 cm³/mol. The third-order valence-corrected chi connectivity index (χ3v) is 2.46. The number of amides is 1. The molecule has 1 heterocycles. The van der Waals surface area contributed by atoms with E-state index >= 15 is 0 Å². The maximum Gasteiger partial charge on any atom is 0.407 e. The molecule has 15 heavy (non-hydrogen) atoms. The highest BCUT2D eigenvalue weighted by molar-refractivity contribution is 5.68. The van der Waals surface area contributed by atoms with Crippen molar-refractivity contribution < 1.29 is 9.53 Å². The fourth-order valence-electron chi connectivity index (χ4n) is 1.70. The summed E-state index contributed by atoms with van der Waals surface area (Å²) in [6.07, 6.45) is 1.81. The quantitative estimate of drug-likeness (QED) is 0.698. The van der Waals surface area contributed by atoms with E-state index < -0.39 is 5.60 Å². The van der Waals surface area contributed by atoms with E-state index in [2.05, 4.69) is 17.6 Å². The van der Waals surface area contributed by atoms with Crippen LogP contribution in [0.15, 0.2) is 0 Å². The van der Waals surface area contributed by atoms with Crippen LogP contribution < -0.4 is 10.6 Å². The molecule has 1 saturated heterocycles. The first-order chi connectivity index (χ1) is 6.88. The van der Waals surface area contributed by atoms with Crippen LogP contribution in [-0.2, 0) is 4.74 Å². The smallest absolute Gasteiger partial charge is 0.407 e. The fraction of sp³-hybridized carbons (Fsp3) is 0.909. The molecule has 1 fully saturated rings. The number of carbonyl (C=O) groups is 1. The summed E-state index contributed by atoms with van der Waals surface area (Å²) < 4.78 is 5.21. The molecule has 1 amide bonds. The second-order valence-electron chi connectivity index (χ2n) is 5.14. The minimum atomic E-state index is -0.421. The van der Waals surface area contributed by atoms with Gasteiger partial charge in [0.25, 0.3) is 0 Å². The SMILES string of the molecule is CC1NCCCC1NC(=O)OC(C)(C)C. The molecule has 0 aliphatic carbocycles. The minimum absolute atomic E-state index is 0.189. The maximum atomic E-state index is 11.5. The second-order valence-corrected chi connectivity index (χ2v) is 5.14. The van der Waals surface area contributed by atoms with Crippen molar-refractivity contribution in [3.8, 4) is 0 Å². The molecule has 0 saturated carbocycles. The molecule has 0 aromatic rings. The number of alkyl carbamates (subject to hydrolysis) is 1. The van der Waals surface area contributed by atoms with Gasteiger partial charge in [0.15, 0.2) is 0 Å². The van der Waals surface area contributed by atoms with Crippen LogP contribution in [0, 0.1) is 0 Å². The summed E-state index contributed by atoms with van der Waals surface area (Å²) in [6, 6.07) is 0.514. The van der Waals surface area contributed by atoms with Crippen LogP contribution in [0.25, 0.3) is 0 Å². The lowest BCUT2D eigenvalue weighted by molar-refractivity contribution is 0.0484. The van der Waals surface area contributed by atoms with Gasteiger partial charge in [0.1, 0.15) is 5.60 Å². The summed E-state index contributed by atoms with van der Waals surface area (Å²) in [5.41, 5.74) is -0.421. The standard InChI is InChI=1S/C11H22N2O2/c1-8-9(6-5-7-12-8)13-10(14)15-11(2,3)4/h8-9,12H,5-7H2,1-4H3,(H,13,14). The Hall–Kier alpha value is -0.770. The van der Waals surface area contributed by atoms with E-state index in [-0.39, 0.29) is 12.1 Å². The van der Waals surface area contributed by atoms with Crippen molar-refractivity contribution in [2.75, 3.05) is 6.54 Å². The van der Waals surface area contributed by atoms with Gasteiger partial charge in [-0.25, -0.2) is 4.79 Å². The number of nitrogens with one attached hydrogen (secondary N) is 2. The highest BCUT2D eigenvalue weighted by atomic mass is 16.6. The maximum absolute atomic E-state index is 11.5. The average molecular weight is 214 g/mol. The summed E-state index contributed by atoms with van der Waals surface area (Å²) in [5.74, 6) is 0. The topological polar surface area (TPSA) is 50.4 Å². The van der Waals surface area contributed by atoms with Crippen molar-refractivity contribution >= 4 is 6.09 Å². The summed E-state index contributed by atoms with van der Waals surface area (Å²) >= 11 is 0. The first kappa shape index (κ1) is 12.3. The Labute approximate surface area is 91.8 Å². The molecule has 2 N–H and O–H groups in total. The first-order valence-electron chi connectivity index (χ1n) is 5.61. The van der Waals surface area contributed by atoms with E-state index in [1.165, 1.54) is 0 Å².